The SMILES string of the molecule is CCCCCC[B-]c1ccccc1. The van der Waals surface area contributed by atoms with Gasteiger partial charge in [-0.3, -0.25) is 12.7 Å². The molecule has 0 saturated heterocycles. The smallest absolute Gasteiger partial charge is 0.0537 e. The van der Waals surface area contributed by atoms with Gasteiger partial charge in [-0.1, -0.05) is 50.8 Å². The van der Waals surface area contributed by atoms with Crippen LogP contribution in [0.25, 0.3) is 0 Å². The summed E-state index contributed by atoms with van der Waals surface area (Å²) in [5.74, 6) is 0. The fourth-order valence-corrected chi connectivity index (χ4v) is 1.43. The van der Waals surface area contributed by atoms with Gasteiger partial charge in [0.05, 0.1) is 0 Å². The first-order valence-electron chi connectivity index (χ1n) is 5.31. The van der Waals surface area contributed by atoms with Crippen LogP contribution in [0, 0.1) is 0 Å². The summed E-state index contributed by atoms with van der Waals surface area (Å²) < 4.78 is 0. The van der Waals surface area contributed by atoms with Crippen LogP contribution in [-0.2, 0) is 0 Å². The summed E-state index contributed by atoms with van der Waals surface area (Å²) >= 11 is 0. The van der Waals surface area contributed by atoms with E-state index >= 15 is 0 Å². The van der Waals surface area contributed by atoms with Gasteiger partial charge in [0.15, 0.2) is 0 Å². The van der Waals surface area contributed by atoms with Crippen LogP contribution in [0.4, 0.5) is 0 Å². The molecule has 0 heterocycles. The molecule has 0 amide bonds. The van der Waals surface area contributed by atoms with E-state index in [0.29, 0.717) is 0 Å². The molecule has 70 valence electrons. The highest BCUT2D eigenvalue weighted by molar-refractivity contribution is 6.53. The number of hydrogen-bond donors (Lipinski definition) is 0. The highest BCUT2D eigenvalue weighted by Crippen LogP contribution is 2.01. The van der Waals surface area contributed by atoms with Gasteiger partial charge in [-0.05, 0) is 0 Å². The van der Waals surface area contributed by atoms with Gasteiger partial charge in [-0.2, -0.15) is 0 Å². The Kier molecular flexibility index (Phi) is 5.39. The Morgan fingerprint density at radius 3 is 2.46 bits per heavy atom. The molecule has 0 fully saturated rings. The summed E-state index contributed by atoms with van der Waals surface area (Å²) in [4.78, 5) is 0. The van der Waals surface area contributed by atoms with Crippen LogP contribution in [0.2, 0.25) is 6.32 Å². The highest BCUT2D eigenvalue weighted by atomic mass is 13.9. The molecule has 0 aliphatic rings. The minimum atomic E-state index is 1.23. The zero-order valence-corrected chi connectivity index (χ0v) is 8.50. The summed E-state index contributed by atoms with van der Waals surface area (Å²) in [6.45, 7) is 2.25. The predicted octanol–water partition coefficient (Wildman–Crippen LogP) is 3.01. The summed E-state index contributed by atoms with van der Waals surface area (Å²) in [6.07, 6.45) is 6.64. The minimum Gasteiger partial charge on any atom is -0.297 e. The van der Waals surface area contributed by atoms with Crippen molar-refractivity contribution in [2.75, 3.05) is 0 Å². The van der Waals surface area contributed by atoms with Gasteiger partial charge in [0.1, 0.15) is 0 Å². The summed E-state index contributed by atoms with van der Waals surface area (Å²) in [5, 5.41) is 0. The van der Waals surface area contributed by atoms with Gasteiger partial charge in [-0.15, -0.1) is 12.1 Å². The fraction of sp³-hybridized carbons (Fsp3) is 0.500. The maximum atomic E-state index is 2.33. The first-order valence-corrected chi connectivity index (χ1v) is 5.31. The minimum absolute atomic E-state index is 1.23. The van der Waals surface area contributed by atoms with Crippen molar-refractivity contribution in [3.8, 4) is 0 Å². The van der Waals surface area contributed by atoms with Crippen LogP contribution in [-0.4, -0.2) is 7.28 Å². The maximum Gasteiger partial charge on any atom is -0.0537 e. The fourth-order valence-electron chi connectivity index (χ4n) is 1.43. The van der Waals surface area contributed by atoms with Crippen LogP contribution in [0.3, 0.4) is 0 Å². The molecule has 1 aromatic rings. The Morgan fingerprint density at radius 1 is 1.00 bits per heavy atom. The predicted molar refractivity (Wildman–Crippen MR) is 60.8 cm³/mol. The van der Waals surface area contributed by atoms with Crippen molar-refractivity contribution < 1.29 is 0 Å². The van der Waals surface area contributed by atoms with Gasteiger partial charge < -0.3 is 0 Å². The molecule has 0 spiro atoms. The third-order valence-corrected chi connectivity index (χ3v) is 2.24. The van der Waals surface area contributed by atoms with E-state index in [1.165, 1.54) is 37.5 Å². The van der Waals surface area contributed by atoms with Gasteiger partial charge in [0.25, 0.3) is 0 Å². The lowest BCUT2D eigenvalue weighted by atomic mass is 9.66. The van der Waals surface area contributed by atoms with Crippen molar-refractivity contribution in [2.24, 2.45) is 0 Å². The molecule has 0 unspecified atom stereocenters. The second-order valence-corrected chi connectivity index (χ2v) is 3.46. The molecule has 2 radical (unpaired) electrons. The molecule has 1 rings (SSSR count). The molecule has 0 bridgehead atoms. The molecule has 0 aliphatic heterocycles. The molecule has 0 atom stereocenters. The summed E-state index contributed by atoms with van der Waals surface area (Å²) in [6, 6.07) is 10.6. The van der Waals surface area contributed by atoms with E-state index in [9.17, 15) is 0 Å². The molecule has 0 nitrogen and oxygen atoms in total. The number of rotatable bonds is 6. The molecule has 1 aromatic carbocycles. The van der Waals surface area contributed by atoms with Gasteiger partial charge >= 0.3 is 0 Å². The number of unbranched alkanes of at least 4 members (excludes halogenated alkanes) is 3. The number of hydrogen-bond acceptors (Lipinski definition) is 0. The van der Waals surface area contributed by atoms with E-state index in [-0.39, 0.29) is 0 Å². The second-order valence-electron chi connectivity index (χ2n) is 3.46. The lowest BCUT2D eigenvalue weighted by Gasteiger charge is -2.14. The van der Waals surface area contributed by atoms with Gasteiger partial charge in [0.2, 0.25) is 0 Å². The molecular weight excluding hydrogens is 155 g/mol. The standard InChI is InChI=1S/C12H18B/c1-2-3-4-8-11-13-12-9-6-5-7-10-12/h5-7,9-10H,2-4,8,11H2,1H3/q-1. The quantitative estimate of drug-likeness (QED) is 0.458. The van der Waals surface area contributed by atoms with E-state index in [2.05, 4.69) is 44.5 Å². The Morgan fingerprint density at radius 2 is 1.77 bits per heavy atom. The first-order chi connectivity index (χ1) is 6.43. The van der Waals surface area contributed by atoms with Crippen LogP contribution in [0.15, 0.2) is 30.3 Å². The van der Waals surface area contributed by atoms with Crippen molar-refractivity contribution in [1.82, 2.24) is 0 Å². The monoisotopic (exact) mass is 173 g/mol. The molecule has 0 aromatic heterocycles. The molecule has 0 N–H and O–H groups in total. The van der Waals surface area contributed by atoms with Crippen molar-refractivity contribution >= 4 is 12.7 Å². The van der Waals surface area contributed by atoms with Gasteiger partial charge in [0, 0.05) is 0 Å². The lowest BCUT2D eigenvalue weighted by Crippen LogP contribution is -2.12. The van der Waals surface area contributed by atoms with E-state index in [1.807, 2.05) is 0 Å². The van der Waals surface area contributed by atoms with Crippen LogP contribution in [0.1, 0.15) is 32.6 Å². The van der Waals surface area contributed by atoms with Crippen LogP contribution in [0.5, 0.6) is 0 Å². The zero-order valence-electron chi connectivity index (χ0n) is 8.50. The Labute approximate surface area is 82.6 Å². The maximum absolute atomic E-state index is 2.33. The molecular formula is C12H18B-. The molecule has 1 heteroatoms. The Hall–Kier alpha value is -0.715. The van der Waals surface area contributed by atoms with Crippen molar-refractivity contribution in [3.05, 3.63) is 30.3 Å². The van der Waals surface area contributed by atoms with E-state index < -0.39 is 0 Å². The van der Waals surface area contributed by atoms with Crippen LogP contribution >= 0.6 is 0 Å². The van der Waals surface area contributed by atoms with E-state index in [0.717, 1.165) is 0 Å². The average Bonchev–Trinajstić information content (AvgIpc) is 2.19. The molecule has 0 aliphatic carbocycles. The third-order valence-electron chi connectivity index (χ3n) is 2.24. The van der Waals surface area contributed by atoms with Crippen molar-refractivity contribution in [3.63, 3.8) is 0 Å². The summed E-state index contributed by atoms with van der Waals surface area (Å²) in [5.41, 5.74) is 1.36. The van der Waals surface area contributed by atoms with Gasteiger partial charge in [-0.25, -0.2) is 6.32 Å². The molecule has 0 saturated carbocycles. The third kappa shape index (κ3) is 4.77. The molecule has 13 heavy (non-hydrogen) atoms. The van der Waals surface area contributed by atoms with E-state index in [4.69, 9.17) is 0 Å². The normalized spacial score (nSPS) is 10.2. The lowest BCUT2D eigenvalue weighted by molar-refractivity contribution is 0.701. The van der Waals surface area contributed by atoms with E-state index in [1.54, 1.807) is 0 Å². The first kappa shape index (κ1) is 10.4. The topological polar surface area (TPSA) is 0 Å². The average molecular weight is 173 g/mol. The van der Waals surface area contributed by atoms with Crippen LogP contribution < -0.4 is 5.46 Å². The van der Waals surface area contributed by atoms with Crippen molar-refractivity contribution in [2.45, 2.75) is 38.9 Å². The van der Waals surface area contributed by atoms with Crippen molar-refractivity contribution in [1.29, 1.82) is 0 Å². The summed E-state index contributed by atoms with van der Waals surface area (Å²) in [7, 11) is 2.33. The second kappa shape index (κ2) is 6.76. The zero-order chi connectivity index (χ0) is 9.36. The number of benzene rings is 1. The highest BCUT2D eigenvalue weighted by Gasteiger charge is 1.81. The Balaban J connectivity index is 2.07. The largest absolute Gasteiger partial charge is 0.297 e. The Bertz CT molecular complexity index is 206.